The Morgan fingerprint density at radius 3 is 2.62 bits per heavy atom. The average molecular weight is 546 g/mol. The van der Waals surface area contributed by atoms with Gasteiger partial charge in [-0.25, -0.2) is 4.79 Å². The third-order valence-electron chi connectivity index (χ3n) is 7.70. The first-order chi connectivity index (χ1) is 19.1. The van der Waals surface area contributed by atoms with Gasteiger partial charge in [-0.15, -0.1) is 0 Å². The number of pyridine rings is 1. The summed E-state index contributed by atoms with van der Waals surface area (Å²) in [7, 11) is 1.64. The van der Waals surface area contributed by atoms with Crippen molar-refractivity contribution in [2.45, 2.75) is 77.0 Å². The van der Waals surface area contributed by atoms with Crippen LogP contribution in [0.15, 0.2) is 48.7 Å². The van der Waals surface area contributed by atoms with Crippen LogP contribution < -0.4 is 14.8 Å². The number of amides is 2. The maximum atomic E-state index is 13.6. The molecule has 1 saturated heterocycles. The second kappa shape index (κ2) is 11.0. The minimum absolute atomic E-state index is 0.0770. The molecule has 8 nitrogen and oxygen atoms in total. The molecular weight excluding hydrogens is 506 g/mol. The molecule has 1 aliphatic carbocycles. The number of hydrogen-bond donors (Lipinski definition) is 1. The lowest BCUT2D eigenvalue weighted by molar-refractivity contribution is 0.00360. The Kier molecular flexibility index (Phi) is 7.62. The van der Waals surface area contributed by atoms with Gasteiger partial charge in [0.2, 0.25) is 0 Å². The van der Waals surface area contributed by atoms with Crippen LogP contribution in [0, 0.1) is 6.92 Å². The van der Waals surface area contributed by atoms with Crippen LogP contribution in [-0.4, -0.2) is 53.8 Å². The van der Waals surface area contributed by atoms with E-state index >= 15 is 0 Å². The topological polar surface area (TPSA) is 90.0 Å². The largest absolute Gasteiger partial charge is 0.497 e. The summed E-state index contributed by atoms with van der Waals surface area (Å²) in [6, 6.07) is 13.4. The van der Waals surface area contributed by atoms with Gasteiger partial charge in [-0.1, -0.05) is 12.1 Å². The van der Waals surface area contributed by atoms with E-state index in [1.54, 1.807) is 24.3 Å². The molecule has 1 aromatic heterocycles. The molecule has 2 aliphatic rings. The van der Waals surface area contributed by atoms with E-state index < -0.39 is 11.1 Å². The second-order valence-corrected chi connectivity index (χ2v) is 11.9. The van der Waals surface area contributed by atoms with Crippen molar-refractivity contribution in [3.63, 3.8) is 0 Å². The summed E-state index contributed by atoms with van der Waals surface area (Å²) in [5.74, 6) is 1.18. The molecule has 2 amide bonds. The zero-order valence-electron chi connectivity index (χ0n) is 24.1. The van der Waals surface area contributed by atoms with Crippen LogP contribution in [0.1, 0.15) is 74.4 Å². The first kappa shape index (κ1) is 27.7. The smallest absolute Gasteiger partial charge is 0.410 e. The van der Waals surface area contributed by atoms with E-state index in [1.807, 2.05) is 64.1 Å². The van der Waals surface area contributed by atoms with Crippen molar-refractivity contribution in [2.75, 3.05) is 20.3 Å². The lowest BCUT2D eigenvalue weighted by atomic mass is 9.97. The van der Waals surface area contributed by atoms with Gasteiger partial charge in [0.05, 0.1) is 24.2 Å². The Morgan fingerprint density at radius 1 is 1.10 bits per heavy atom. The first-order valence-electron chi connectivity index (χ1n) is 14.1. The van der Waals surface area contributed by atoms with Crippen LogP contribution in [0.5, 0.6) is 11.5 Å². The van der Waals surface area contributed by atoms with E-state index in [0.717, 1.165) is 59.9 Å². The van der Waals surface area contributed by atoms with Crippen molar-refractivity contribution in [2.24, 2.45) is 0 Å². The van der Waals surface area contributed by atoms with Crippen LogP contribution in [-0.2, 0) is 10.3 Å². The van der Waals surface area contributed by atoms with Crippen LogP contribution in [0.25, 0.3) is 10.9 Å². The summed E-state index contributed by atoms with van der Waals surface area (Å²) in [5, 5.41) is 4.32. The number of rotatable bonds is 7. The van der Waals surface area contributed by atoms with Gasteiger partial charge in [0.1, 0.15) is 23.7 Å². The van der Waals surface area contributed by atoms with Crippen molar-refractivity contribution in [3.05, 3.63) is 65.4 Å². The number of methoxy groups -OCH3 is 1. The number of hydrogen-bond acceptors (Lipinski definition) is 6. The highest BCUT2D eigenvalue weighted by Gasteiger charge is 2.47. The molecule has 1 saturated carbocycles. The van der Waals surface area contributed by atoms with Gasteiger partial charge in [-0.2, -0.15) is 0 Å². The van der Waals surface area contributed by atoms with Crippen LogP contribution in [0.4, 0.5) is 4.79 Å². The molecule has 40 heavy (non-hydrogen) atoms. The molecule has 2 aromatic carbocycles. The maximum Gasteiger partial charge on any atom is 0.410 e. The number of fused-ring (bicyclic) bond motifs is 1. The fourth-order valence-corrected chi connectivity index (χ4v) is 5.40. The molecule has 1 aliphatic heterocycles. The number of ether oxygens (including phenoxy) is 3. The normalized spacial score (nSPS) is 18.2. The third kappa shape index (κ3) is 6.01. The van der Waals surface area contributed by atoms with Crippen molar-refractivity contribution in [1.82, 2.24) is 15.2 Å². The van der Waals surface area contributed by atoms with Crippen molar-refractivity contribution < 1.29 is 23.8 Å². The summed E-state index contributed by atoms with van der Waals surface area (Å²) < 4.78 is 17.3. The molecule has 0 bridgehead atoms. The molecule has 2 fully saturated rings. The number of benzene rings is 2. The lowest BCUT2D eigenvalue weighted by Gasteiger charge is -2.36. The van der Waals surface area contributed by atoms with Gasteiger partial charge in [-0.3, -0.25) is 9.78 Å². The van der Waals surface area contributed by atoms with E-state index in [2.05, 4.69) is 10.3 Å². The predicted octanol–water partition coefficient (Wildman–Crippen LogP) is 6.14. The summed E-state index contributed by atoms with van der Waals surface area (Å²) in [5.41, 5.74) is 2.28. The van der Waals surface area contributed by atoms with Crippen molar-refractivity contribution in [3.8, 4) is 11.5 Å². The Labute approximate surface area is 236 Å². The van der Waals surface area contributed by atoms with Crippen LogP contribution in [0.3, 0.4) is 0 Å². The Balaban J connectivity index is 1.31. The number of aryl methyl sites for hydroxylation is 1. The molecule has 1 atom stereocenters. The minimum atomic E-state index is -0.550. The number of likely N-dealkylation sites (tertiary alicyclic amines) is 1. The first-order valence-corrected chi connectivity index (χ1v) is 14.1. The predicted molar refractivity (Wildman–Crippen MR) is 154 cm³/mol. The number of piperidine rings is 1. The highest BCUT2D eigenvalue weighted by Crippen LogP contribution is 2.49. The summed E-state index contributed by atoms with van der Waals surface area (Å²) >= 11 is 0. The SMILES string of the molecule is COc1cc(C2(NC(=O)c3cc(OCC4CCCCN4C(=O)OC(C)(C)C)ccc3C)CC2)c2cccnc2c1. The minimum Gasteiger partial charge on any atom is -0.497 e. The standard InChI is InChI=1S/C32H39N3O5/c1-21-11-12-23(39-20-22-9-6-7-16-35(22)30(37)40-31(2,3)4)17-26(21)29(36)34-32(13-14-32)27-18-24(38-5)19-28-25(27)10-8-15-33-28/h8,10-12,15,17-19,22H,6-7,9,13-14,16,20H2,1-5H3,(H,34,36). The molecule has 1 N–H and O–H groups in total. The Hall–Kier alpha value is -3.81. The fourth-order valence-electron chi connectivity index (χ4n) is 5.40. The van der Waals surface area contributed by atoms with Crippen molar-refractivity contribution >= 4 is 22.9 Å². The molecule has 3 aromatic rings. The molecule has 1 unspecified atom stereocenters. The maximum absolute atomic E-state index is 13.6. The number of nitrogens with one attached hydrogen (secondary N) is 1. The van der Waals surface area contributed by atoms with Gasteiger partial charge in [0.15, 0.2) is 0 Å². The van der Waals surface area contributed by atoms with E-state index in [4.69, 9.17) is 14.2 Å². The number of carbonyl (C=O) groups excluding carboxylic acids is 2. The van der Waals surface area contributed by atoms with Gasteiger partial charge in [0, 0.05) is 29.8 Å². The van der Waals surface area contributed by atoms with Gasteiger partial charge in [0.25, 0.3) is 5.91 Å². The van der Waals surface area contributed by atoms with Crippen LogP contribution in [0.2, 0.25) is 0 Å². The van der Waals surface area contributed by atoms with Crippen molar-refractivity contribution in [1.29, 1.82) is 0 Å². The molecule has 2 heterocycles. The summed E-state index contributed by atoms with van der Waals surface area (Å²) in [4.78, 5) is 32.7. The highest BCUT2D eigenvalue weighted by molar-refractivity contribution is 5.97. The van der Waals surface area contributed by atoms with Crippen LogP contribution >= 0.6 is 0 Å². The molecular formula is C32H39N3O5. The number of aromatic nitrogens is 1. The van der Waals surface area contributed by atoms with Gasteiger partial charge in [-0.05, 0) is 95.2 Å². The Morgan fingerprint density at radius 2 is 1.90 bits per heavy atom. The summed E-state index contributed by atoms with van der Waals surface area (Å²) in [6.45, 7) is 8.54. The molecule has 8 heteroatoms. The lowest BCUT2D eigenvalue weighted by Crippen LogP contribution is -2.48. The van der Waals surface area contributed by atoms with E-state index in [9.17, 15) is 9.59 Å². The van der Waals surface area contributed by atoms with Gasteiger partial charge >= 0.3 is 6.09 Å². The second-order valence-electron chi connectivity index (χ2n) is 11.9. The molecule has 0 radical (unpaired) electrons. The zero-order chi connectivity index (χ0) is 28.5. The third-order valence-corrected chi connectivity index (χ3v) is 7.70. The molecule has 5 rings (SSSR count). The highest BCUT2D eigenvalue weighted by atomic mass is 16.6. The monoisotopic (exact) mass is 545 g/mol. The Bertz CT molecular complexity index is 1410. The summed E-state index contributed by atoms with van der Waals surface area (Å²) in [6.07, 6.45) is 5.97. The van der Waals surface area contributed by atoms with E-state index in [1.165, 1.54) is 0 Å². The number of carbonyl (C=O) groups is 2. The average Bonchev–Trinajstić information content (AvgIpc) is 3.71. The zero-order valence-corrected chi connectivity index (χ0v) is 24.1. The van der Waals surface area contributed by atoms with Gasteiger partial charge < -0.3 is 24.4 Å². The van der Waals surface area contributed by atoms with E-state index in [0.29, 0.717) is 24.5 Å². The molecule has 0 spiro atoms. The number of nitrogens with zero attached hydrogens (tertiary/aromatic N) is 2. The quantitative estimate of drug-likeness (QED) is 0.384. The molecule has 212 valence electrons. The van der Waals surface area contributed by atoms with E-state index in [-0.39, 0.29) is 18.0 Å². The fraction of sp³-hybridized carbons (Fsp3) is 0.469.